The van der Waals surface area contributed by atoms with E-state index in [0.29, 0.717) is 44.6 Å². The van der Waals surface area contributed by atoms with Gasteiger partial charge < -0.3 is 19.9 Å². The van der Waals surface area contributed by atoms with Gasteiger partial charge in [-0.2, -0.15) is 0 Å². The lowest BCUT2D eigenvalue weighted by Gasteiger charge is -2.15. The number of anilines is 1. The van der Waals surface area contributed by atoms with E-state index in [-0.39, 0.29) is 17.6 Å². The number of hydrogen-bond donors (Lipinski definition) is 2. The first-order chi connectivity index (χ1) is 15.8. The van der Waals surface area contributed by atoms with E-state index in [1.165, 1.54) is 17.8 Å². The van der Waals surface area contributed by atoms with Crippen LogP contribution in [0.25, 0.3) is 0 Å². The van der Waals surface area contributed by atoms with E-state index in [2.05, 4.69) is 20.8 Å². The molecule has 0 aliphatic carbocycles. The third kappa shape index (κ3) is 6.40. The fourth-order valence-corrected chi connectivity index (χ4v) is 4.12. The Balaban J connectivity index is 1.61. The fourth-order valence-electron chi connectivity index (χ4n) is 3.01. The molecule has 3 rings (SSSR count). The van der Waals surface area contributed by atoms with Crippen molar-refractivity contribution in [2.75, 3.05) is 18.2 Å². The van der Waals surface area contributed by atoms with Crippen LogP contribution in [0, 0.1) is 0 Å². The maximum absolute atomic E-state index is 12.6. The first-order valence-electron chi connectivity index (χ1n) is 10.1. The van der Waals surface area contributed by atoms with Crippen molar-refractivity contribution in [3.05, 3.63) is 63.9 Å². The number of hydrogen-bond acceptors (Lipinski definition) is 6. The van der Waals surface area contributed by atoms with Crippen LogP contribution in [0.15, 0.2) is 47.6 Å². The molecular formula is C22H23Cl2N5O3S. The van der Waals surface area contributed by atoms with E-state index in [1.54, 1.807) is 43.5 Å². The molecule has 2 aromatic carbocycles. The van der Waals surface area contributed by atoms with E-state index in [0.717, 1.165) is 0 Å². The number of aromatic nitrogens is 3. The molecule has 0 aliphatic heterocycles. The van der Waals surface area contributed by atoms with Crippen LogP contribution in [0.5, 0.6) is 5.75 Å². The van der Waals surface area contributed by atoms with Gasteiger partial charge in [-0.3, -0.25) is 9.59 Å². The van der Waals surface area contributed by atoms with Crippen LogP contribution in [-0.2, 0) is 11.3 Å². The predicted molar refractivity (Wildman–Crippen MR) is 130 cm³/mol. The topological polar surface area (TPSA) is 98.1 Å². The van der Waals surface area contributed by atoms with Crippen LogP contribution in [0.1, 0.15) is 36.1 Å². The number of thioether (sulfide) groups is 1. The molecule has 0 saturated heterocycles. The van der Waals surface area contributed by atoms with Gasteiger partial charge in [0.15, 0.2) is 11.0 Å². The Morgan fingerprint density at radius 2 is 1.85 bits per heavy atom. The fraction of sp³-hybridized carbons (Fsp3) is 0.273. The number of methoxy groups -OCH3 is 1. The van der Waals surface area contributed by atoms with Gasteiger partial charge in [0.05, 0.1) is 28.9 Å². The lowest BCUT2D eigenvalue weighted by atomic mass is 10.2. The maximum atomic E-state index is 12.6. The summed E-state index contributed by atoms with van der Waals surface area (Å²) in [6, 6.07) is 11.4. The Morgan fingerprint density at radius 3 is 2.48 bits per heavy atom. The van der Waals surface area contributed by atoms with Crippen molar-refractivity contribution < 1.29 is 14.3 Å². The van der Waals surface area contributed by atoms with Crippen LogP contribution in [0.3, 0.4) is 0 Å². The summed E-state index contributed by atoms with van der Waals surface area (Å²) >= 11 is 13.2. The summed E-state index contributed by atoms with van der Waals surface area (Å²) in [5.41, 5.74) is 1.07. The second kappa shape index (κ2) is 11.4. The summed E-state index contributed by atoms with van der Waals surface area (Å²) in [5.74, 6) is 0.988. The molecule has 0 bridgehead atoms. The van der Waals surface area contributed by atoms with E-state index < -0.39 is 6.04 Å². The lowest BCUT2D eigenvalue weighted by Crippen LogP contribution is -2.28. The average molecular weight is 508 g/mol. The van der Waals surface area contributed by atoms with Crippen LogP contribution in [-0.4, -0.2) is 39.4 Å². The monoisotopic (exact) mass is 507 g/mol. The Labute approximate surface area is 206 Å². The molecular weight excluding hydrogens is 485 g/mol. The third-order valence-corrected chi connectivity index (χ3v) is 6.39. The number of nitrogens with one attached hydrogen (secondary N) is 2. The van der Waals surface area contributed by atoms with Crippen molar-refractivity contribution in [3.8, 4) is 5.75 Å². The number of amides is 2. The molecule has 33 heavy (non-hydrogen) atoms. The first kappa shape index (κ1) is 24.9. The molecule has 2 amide bonds. The van der Waals surface area contributed by atoms with Crippen LogP contribution in [0.2, 0.25) is 10.0 Å². The third-order valence-electron chi connectivity index (χ3n) is 4.68. The number of halogens is 2. The van der Waals surface area contributed by atoms with Crippen LogP contribution in [0.4, 0.5) is 5.69 Å². The number of nitrogens with zero attached hydrogens (tertiary/aromatic N) is 3. The first-order valence-corrected chi connectivity index (χ1v) is 11.8. The van der Waals surface area contributed by atoms with E-state index >= 15 is 0 Å². The van der Waals surface area contributed by atoms with Crippen molar-refractivity contribution in [3.63, 3.8) is 0 Å². The van der Waals surface area contributed by atoms with Gasteiger partial charge in [-0.05, 0) is 56.3 Å². The minimum absolute atomic E-state index is 0.161. The van der Waals surface area contributed by atoms with Gasteiger partial charge in [-0.25, -0.2) is 0 Å². The summed E-state index contributed by atoms with van der Waals surface area (Å²) in [6.07, 6.45) is 0. The highest BCUT2D eigenvalue weighted by molar-refractivity contribution is 7.99. The standard InChI is InChI=1S/C22H23Cl2N5O3S/c1-4-29-20(13(2)25-21(31)14-5-10-17(23)18(24)11-14)27-28-22(29)33-12-19(30)26-15-6-8-16(32-3)9-7-15/h5-11,13H,4,12H2,1-3H3,(H,25,31)(H,26,30)/t13-/m0/s1. The Hall–Kier alpha value is -2.75. The van der Waals surface area contributed by atoms with Crippen molar-refractivity contribution in [1.29, 1.82) is 0 Å². The molecule has 1 heterocycles. The molecule has 0 spiro atoms. The van der Waals surface area contributed by atoms with Gasteiger partial charge in [-0.15, -0.1) is 10.2 Å². The second-order valence-electron chi connectivity index (χ2n) is 6.97. The molecule has 174 valence electrons. The quantitative estimate of drug-likeness (QED) is 0.402. The SMILES string of the molecule is CCn1c(SCC(=O)Nc2ccc(OC)cc2)nnc1[C@H](C)NC(=O)c1ccc(Cl)c(Cl)c1. The van der Waals surface area contributed by atoms with Gasteiger partial charge in [0, 0.05) is 17.8 Å². The number of benzene rings is 2. The molecule has 1 aromatic heterocycles. The average Bonchev–Trinajstić information content (AvgIpc) is 3.23. The normalized spacial score (nSPS) is 11.7. The molecule has 1 atom stereocenters. The number of carbonyl (C=O) groups is 2. The van der Waals surface area contributed by atoms with Gasteiger partial charge in [0.25, 0.3) is 5.91 Å². The lowest BCUT2D eigenvalue weighted by molar-refractivity contribution is -0.113. The summed E-state index contributed by atoms with van der Waals surface area (Å²) in [5, 5.41) is 15.4. The van der Waals surface area contributed by atoms with Crippen LogP contribution < -0.4 is 15.4 Å². The molecule has 3 aromatic rings. The summed E-state index contributed by atoms with van der Waals surface area (Å²) in [7, 11) is 1.59. The highest BCUT2D eigenvalue weighted by atomic mass is 35.5. The minimum Gasteiger partial charge on any atom is -0.497 e. The maximum Gasteiger partial charge on any atom is 0.251 e. The Morgan fingerprint density at radius 1 is 1.12 bits per heavy atom. The van der Waals surface area contributed by atoms with Crippen LogP contribution >= 0.6 is 35.0 Å². The van der Waals surface area contributed by atoms with E-state index in [4.69, 9.17) is 27.9 Å². The molecule has 0 saturated carbocycles. The number of ether oxygens (including phenoxy) is 1. The zero-order valence-electron chi connectivity index (χ0n) is 18.3. The largest absolute Gasteiger partial charge is 0.497 e. The van der Waals surface area contributed by atoms with Crippen molar-refractivity contribution in [2.45, 2.75) is 31.6 Å². The molecule has 11 heteroatoms. The minimum atomic E-state index is -0.415. The molecule has 0 fully saturated rings. The Kier molecular flexibility index (Phi) is 8.60. The summed E-state index contributed by atoms with van der Waals surface area (Å²) in [6.45, 7) is 4.34. The summed E-state index contributed by atoms with van der Waals surface area (Å²) in [4.78, 5) is 24.9. The molecule has 2 N–H and O–H groups in total. The van der Waals surface area contributed by atoms with Crippen molar-refractivity contribution in [2.24, 2.45) is 0 Å². The summed E-state index contributed by atoms with van der Waals surface area (Å²) < 4.78 is 6.98. The van der Waals surface area contributed by atoms with Gasteiger partial charge >= 0.3 is 0 Å². The molecule has 0 aliphatic rings. The molecule has 0 radical (unpaired) electrons. The van der Waals surface area contributed by atoms with Gasteiger partial charge in [0.1, 0.15) is 5.75 Å². The molecule has 0 unspecified atom stereocenters. The van der Waals surface area contributed by atoms with Gasteiger partial charge in [-0.1, -0.05) is 35.0 Å². The number of rotatable bonds is 9. The zero-order chi connectivity index (χ0) is 24.0. The highest BCUT2D eigenvalue weighted by Gasteiger charge is 2.20. The molecule has 8 nitrogen and oxygen atoms in total. The zero-order valence-corrected chi connectivity index (χ0v) is 20.6. The second-order valence-corrected chi connectivity index (χ2v) is 8.73. The van der Waals surface area contributed by atoms with E-state index in [1.807, 2.05) is 18.4 Å². The highest BCUT2D eigenvalue weighted by Crippen LogP contribution is 2.24. The smallest absolute Gasteiger partial charge is 0.251 e. The Bertz CT molecular complexity index is 1140. The number of carbonyl (C=O) groups excluding carboxylic acids is 2. The van der Waals surface area contributed by atoms with E-state index in [9.17, 15) is 9.59 Å². The van der Waals surface area contributed by atoms with Crippen molar-refractivity contribution in [1.82, 2.24) is 20.1 Å². The van der Waals surface area contributed by atoms with Crippen molar-refractivity contribution >= 4 is 52.5 Å². The van der Waals surface area contributed by atoms with Gasteiger partial charge in [0.2, 0.25) is 5.91 Å². The predicted octanol–water partition coefficient (Wildman–Crippen LogP) is 4.84.